The fraction of sp³-hybridized carbons (Fsp3) is 1.00. The summed E-state index contributed by atoms with van der Waals surface area (Å²) >= 11 is 0. The van der Waals surface area contributed by atoms with Gasteiger partial charge in [0.15, 0.2) is 0 Å². The summed E-state index contributed by atoms with van der Waals surface area (Å²) in [6.45, 7) is 8.32. The lowest BCUT2D eigenvalue weighted by Gasteiger charge is -2.32. The van der Waals surface area contributed by atoms with Gasteiger partial charge in [0.1, 0.15) is 0 Å². The molecule has 1 saturated carbocycles. The summed E-state index contributed by atoms with van der Waals surface area (Å²) in [5.74, 6) is 0.899. The third-order valence-electron chi connectivity index (χ3n) is 3.91. The first kappa shape index (κ1) is 12.4. The summed E-state index contributed by atoms with van der Waals surface area (Å²) in [6.07, 6.45) is 9.15. The standard InChI is InChI=1S/C14H27NO/c1-12(2)16-14-7-5-6-13(10-14)11-15-8-3-4-9-15/h12-14H,3-11H2,1-2H3. The second-order valence-corrected chi connectivity index (χ2v) is 5.85. The van der Waals surface area contributed by atoms with Gasteiger partial charge in [-0.1, -0.05) is 6.42 Å². The van der Waals surface area contributed by atoms with Crippen LogP contribution < -0.4 is 0 Å². The molecule has 0 aromatic heterocycles. The van der Waals surface area contributed by atoms with Gasteiger partial charge in [-0.05, 0) is 65.0 Å². The molecule has 1 aliphatic carbocycles. The minimum atomic E-state index is 0.399. The highest BCUT2D eigenvalue weighted by Crippen LogP contribution is 2.28. The number of ether oxygens (including phenoxy) is 1. The van der Waals surface area contributed by atoms with Crippen LogP contribution in [0.1, 0.15) is 52.4 Å². The van der Waals surface area contributed by atoms with Crippen molar-refractivity contribution in [2.75, 3.05) is 19.6 Å². The van der Waals surface area contributed by atoms with Crippen molar-refractivity contribution >= 4 is 0 Å². The molecule has 0 N–H and O–H groups in total. The maximum atomic E-state index is 5.97. The summed E-state index contributed by atoms with van der Waals surface area (Å²) in [5, 5.41) is 0. The number of hydrogen-bond acceptors (Lipinski definition) is 2. The predicted molar refractivity (Wildman–Crippen MR) is 67.6 cm³/mol. The van der Waals surface area contributed by atoms with E-state index < -0.39 is 0 Å². The monoisotopic (exact) mass is 225 g/mol. The Morgan fingerprint density at radius 1 is 1.12 bits per heavy atom. The van der Waals surface area contributed by atoms with Crippen LogP contribution in [0, 0.1) is 5.92 Å². The Morgan fingerprint density at radius 3 is 2.56 bits per heavy atom. The summed E-state index contributed by atoms with van der Waals surface area (Å²) in [7, 11) is 0. The Balaban J connectivity index is 1.72. The van der Waals surface area contributed by atoms with Crippen LogP contribution in [0.4, 0.5) is 0 Å². The highest BCUT2D eigenvalue weighted by Gasteiger charge is 2.25. The fourth-order valence-corrected chi connectivity index (χ4v) is 3.25. The molecule has 0 spiro atoms. The Kier molecular flexibility index (Phi) is 4.66. The normalized spacial score (nSPS) is 32.4. The van der Waals surface area contributed by atoms with Gasteiger partial charge in [-0.25, -0.2) is 0 Å². The van der Waals surface area contributed by atoms with Gasteiger partial charge < -0.3 is 9.64 Å². The molecular weight excluding hydrogens is 198 g/mol. The van der Waals surface area contributed by atoms with Crippen molar-refractivity contribution in [3.8, 4) is 0 Å². The van der Waals surface area contributed by atoms with Gasteiger partial charge in [-0.3, -0.25) is 0 Å². The molecule has 0 radical (unpaired) electrons. The summed E-state index contributed by atoms with van der Waals surface area (Å²) in [4.78, 5) is 2.66. The van der Waals surface area contributed by atoms with Crippen molar-refractivity contribution in [2.24, 2.45) is 5.92 Å². The molecule has 0 aromatic carbocycles. The van der Waals surface area contributed by atoms with Crippen molar-refractivity contribution < 1.29 is 4.74 Å². The molecule has 16 heavy (non-hydrogen) atoms. The Morgan fingerprint density at radius 2 is 1.88 bits per heavy atom. The number of rotatable bonds is 4. The van der Waals surface area contributed by atoms with Crippen LogP contribution in [0.2, 0.25) is 0 Å². The van der Waals surface area contributed by atoms with Crippen molar-refractivity contribution in [2.45, 2.75) is 64.6 Å². The van der Waals surface area contributed by atoms with Crippen LogP contribution in [-0.2, 0) is 4.74 Å². The zero-order valence-corrected chi connectivity index (χ0v) is 11.0. The minimum absolute atomic E-state index is 0.399. The third-order valence-corrected chi connectivity index (χ3v) is 3.91. The Bertz CT molecular complexity index is 199. The third kappa shape index (κ3) is 3.74. The Hall–Kier alpha value is -0.0800. The van der Waals surface area contributed by atoms with E-state index in [2.05, 4.69) is 18.7 Å². The smallest absolute Gasteiger partial charge is 0.0581 e. The summed E-state index contributed by atoms with van der Waals surface area (Å²) in [5.41, 5.74) is 0. The molecule has 2 unspecified atom stereocenters. The van der Waals surface area contributed by atoms with Crippen molar-refractivity contribution in [1.82, 2.24) is 4.90 Å². The van der Waals surface area contributed by atoms with Crippen LogP contribution in [-0.4, -0.2) is 36.7 Å². The molecule has 2 atom stereocenters. The van der Waals surface area contributed by atoms with E-state index in [1.165, 1.54) is 58.2 Å². The van der Waals surface area contributed by atoms with E-state index in [0.29, 0.717) is 12.2 Å². The zero-order chi connectivity index (χ0) is 11.4. The first-order valence-corrected chi connectivity index (χ1v) is 7.12. The highest BCUT2D eigenvalue weighted by atomic mass is 16.5. The van der Waals surface area contributed by atoms with Crippen molar-refractivity contribution in [3.63, 3.8) is 0 Å². The minimum Gasteiger partial charge on any atom is -0.376 e. The second-order valence-electron chi connectivity index (χ2n) is 5.85. The lowest BCUT2D eigenvalue weighted by Crippen LogP contribution is -2.33. The molecule has 0 amide bonds. The van der Waals surface area contributed by atoms with E-state index in [1.807, 2.05) is 0 Å². The van der Waals surface area contributed by atoms with E-state index in [4.69, 9.17) is 4.74 Å². The first-order chi connectivity index (χ1) is 7.74. The van der Waals surface area contributed by atoms with Crippen molar-refractivity contribution in [1.29, 1.82) is 0 Å². The first-order valence-electron chi connectivity index (χ1n) is 7.12. The molecule has 2 heteroatoms. The van der Waals surface area contributed by atoms with E-state index >= 15 is 0 Å². The molecule has 0 aromatic rings. The fourth-order valence-electron chi connectivity index (χ4n) is 3.25. The van der Waals surface area contributed by atoms with Gasteiger partial charge in [0.05, 0.1) is 12.2 Å². The highest BCUT2D eigenvalue weighted by molar-refractivity contribution is 4.78. The van der Waals surface area contributed by atoms with Gasteiger partial charge in [-0.2, -0.15) is 0 Å². The summed E-state index contributed by atoms with van der Waals surface area (Å²) in [6, 6.07) is 0. The van der Waals surface area contributed by atoms with E-state index in [1.54, 1.807) is 0 Å². The molecular formula is C14H27NO. The van der Waals surface area contributed by atoms with Crippen LogP contribution in [0.3, 0.4) is 0 Å². The SMILES string of the molecule is CC(C)OC1CCCC(CN2CCCC2)C1. The molecule has 1 saturated heterocycles. The maximum absolute atomic E-state index is 5.97. The Labute approximate surface area is 100 Å². The topological polar surface area (TPSA) is 12.5 Å². The molecule has 94 valence electrons. The second kappa shape index (κ2) is 6.02. The van der Waals surface area contributed by atoms with Gasteiger partial charge in [0.2, 0.25) is 0 Å². The predicted octanol–water partition coefficient (Wildman–Crippen LogP) is 3.07. The quantitative estimate of drug-likeness (QED) is 0.729. The molecule has 2 aliphatic rings. The number of likely N-dealkylation sites (tertiary alicyclic amines) is 1. The molecule has 2 nitrogen and oxygen atoms in total. The van der Waals surface area contributed by atoms with Gasteiger partial charge >= 0.3 is 0 Å². The van der Waals surface area contributed by atoms with E-state index in [-0.39, 0.29) is 0 Å². The van der Waals surface area contributed by atoms with E-state index in [9.17, 15) is 0 Å². The van der Waals surface area contributed by atoms with Crippen LogP contribution in [0.5, 0.6) is 0 Å². The average molecular weight is 225 g/mol. The summed E-state index contributed by atoms with van der Waals surface area (Å²) < 4.78 is 5.97. The number of nitrogens with zero attached hydrogens (tertiary/aromatic N) is 1. The van der Waals surface area contributed by atoms with Crippen LogP contribution in [0.25, 0.3) is 0 Å². The van der Waals surface area contributed by atoms with Crippen LogP contribution >= 0.6 is 0 Å². The van der Waals surface area contributed by atoms with Gasteiger partial charge in [-0.15, -0.1) is 0 Å². The molecule has 1 aliphatic heterocycles. The molecule has 2 rings (SSSR count). The van der Waals surface area contributed by atoms with E-state index in [0.717, 1.165) is 5.92 Å². The molecule has 1 heterocycles. The maximum Gasteiger partial charge on any atom is 0.0581 e. The zero-order valence-electron chi connectivity index (χ0n) is 11.0. The number of hydrogen-bond donors (Lipinski definition) is 0. The largest absolute Gasteiger partial charge is 0.376 e. The molecule has 2 fully saturated rings. The lowest BCUT2D eigenvalue weighted by atomic mass is 9.86. The van der Waals surface area contributed by atoms with Gasteiger partial charge in [0, 0.05) is 6.54 Å². The molecule has 0 bridgehead atoms. The lowest BCUT2D eigenvalue weighted by molar-refractivity contribution is -0.0268. The van der Waals surface area contributed by atoms with Crippen molar-refractivity contribution in [3.05, 3.63) is 0 Å². The average Bonchev–Trinajstić information content (AvgIpc) is 2.70. The van der Waals surface area contributed by atoms with Crippen LogP contribution in [0.15, 0.2) is 0 Å². The van der Waals surface area contributed by atoms with Gasteiger partial charge in [0.25, 0.3) is 0 Å².